The van der Waals surface area contributed by atoms with Crippen LogP contribution in [0.5, 0.6) is 0 Å². The van der Waals surface area contributed by atoms with Crippen molar-refractivity contribution in [3.05, 3.63) is 45.8 Å². The minimum atomic E-state index is -5.08. The van der Waals surface area contributed by atoms with Gasteiger partial charge >= 0.3 is 13.5 Å². The third-order valence-corrected chi connectivity index (χ3v) is 7.90. The van der Waals surface area contributed by atoms with Gasteiger partial charge in [0.05, 0.1) is 19.5 Å². The van der Waals surface area contributed by atoms with Gasteiger partial charge in [0.15, 0.2) is 23.9 Å². The lowest BCUT2D eigenvalue weighted by molar-refractivity contribution is -0.0874. The summed E-state index contributed by atoms with van der Waals surface area (Å²) in [6, 6.07) is 0.991. The number of phosphoric acid groups is 1. The molecule has 218 valence electrons. The van der Waals surface area contributed by atoms with Gasteiger partial charge in [0.25, 0.3) is 5.56 Å². The molecule has 5 heterocycles. The fraction of sp³-hybridized carbons (Fsp3) is 0.550. The first-order valence-electron chi connectivity index (χ1n) is 11.7. The Kier molecular flexibility index (Phi) is 7.38. The van der Waals surface area contributed by atoms with Crippen molar-refractivity contribution in [2.24, 2.45) is 0 Å². The lowest BCUT2D eigenvalue weighted by atomic mass is 9.95. The highest BCUT2D eigenvalue weighted by Crippen LogP contribution is 2.53. The third-order valence-electron chi connectivity index (χ3n) is 6.80. The van der Waals surface area contributed by atoms with Gasteiger partial charge in [-0.1, -0.05) is 0 Å². The predicted molar refractivity (Wildman–Crippen MR) is 129 cm³/mol. The summed E-state index contributed by atoms with van der Waals surface area (Å²) in [7, 11) is -5.08. The molecule has 5 rings (SSSR count). The van der Waals surface area contributed by atoms with E-state index in [2.05, 4.69) is 15.0 Å². The predicted octanol–water partition coefficient (Wildman–Crippen LogP) is -3.28. The molecule has 2 saturated heterocycles. The summed E-state index contributed by atoms with van der Waals surface area (Å²) in [6.45, 7) is -0.404. The molecule has 1 unspecified atom stereocenters. The summed E-state index contributed by atoms with van der Waals surface area (Å²) >= 11 is 0. The van der Waals surface area contributed by atoms with Crippen LogP contribution in [-0.4, -0.2) is 104 Å². The summed E-state index contributed by atoms with van der Waals surface area (Å²) in [5.74, 6) is 0.0791. The number of phosphoric ester groups is 1. The van der Waals surface area contributed by atoms with E-state index in [0.717, 1.165) is 23.8 Å². The molecular weight excluding hydrogens is 561 g/mol. The second-order valence-corrected chi connectivity index (χ2v) is 10.7. The average Bonchev–Trinajstić information content (AvgIpc) is 3.52. The topological polar surface area (TPSA) is 280 Å². The number of anilines is 1. The Morgan fingerprint density at radius 2 is 1.90 bits per heavy atom. The zero-order valence-corrected chi connectivity index (χ0v) is 21.5. The molecule has 19 nitrogen and oxygen atoms in total. The quantitative estimate of drug-likeness (QED) is 0.127. The number of H-pyrrole nitrogens is 1. The van der Waals surface area contributed by atoms with Crippen molar-refractivity contribution < 1.29 is 48.4 Å². The molecule has 3 aromatic rings. The maximum Gasteiger partial charge on any atom is 0.472 e. The minimum absolute atomic E-state index is 0.0791. The van der Waals surface area contributed by atoms with Crippen molar-refractivity contribution in [2.45, 2.75) is 55.5 Å². The van der Waals surface area contributed by atoms with Gasteiger partial charge in [-0.05, 0) is 6.92 Å². The van der Waals surface area contributed by atoms with Crippen molar-refractivity contribution in [2.75, 3.05) is 18.9 Å². The van der Waals surface area contributed by atoms with Crippen LogP contribution < -0.4 is 17.0 Å². The maximum absolute atomic E-state index is 12.9. The Hall–Kier alpha value is -3.10. The number of rotatable bonds is 8. The number of nitrogen functional groups attached to an aromatic ring is 1. The van der Waals surface area contributed by atoms with E-state index >= 15 is 0 Å². The molecule has 0 aromatic carbocycles. The van der Waals surface area contributed by atoms with Gasteiger partial charge in [-0.2, -0.15) is 0 Å². The molecule has 2 aliphatic rings. The smallest absolute Gasteiger partial charge is 0.394 e. The van der Waals surface area contributed by atoms with Gasteiger partial charge in [0.2, 0.25) is 0 Å². The van der Waals surface area contributed by atoms with Gasteiger partial charge in [-0.3, -0.25) is 28.0 Å². The number of nitrogens with one attached hydrogen (secondary N) is 1. The Balaban J connectivity index is 1.29. The number of aromatic nitrogens is 6. The summed E-state index contributed by atoms with van der Waals surface area (Å²) in [4.78, 5) is 47.9. The first-order valence-corrected chi connectivity index (χ1v) is 13.2. The minimum Gasteiger partial charge on any atom is -0.394 e. The Morgan fingerprint density at radius 3 is 2.60 bits per heavy atom. The van der Waals surface area contributed by atoms with Gasteiger partial charge < -0.3 is 40.5 Å². The number of nitrogens with zero attached hydrogens (tertiary/aromatic N) is 5. The van der Waals surface area contributed by atoms with Crippen LogP contribution in [0.1, 0.15) is 19.4 Å². The second-order valence-electron chi connectivity index (χ2n) is 9.33. The number of ether oxygens (including phenoxy) is 2. The van der Waals surface area contributed by atoms with Crippen LogP contribution in [0.25, 0.3) is 11.2 Å². The number of aliphatic hydroxyl groups excluding tert-OH is 4. The molecule has 0 bridgehead atoms. The van der Waals surface area contributed by atoms with E-state index in [-0.39, 0.29) is 17.0 Å². The van der Waals surface area contributed by atoms with Crippen LogP contribution >= 0.6 is 7.82 Å². The number of imidazole rings is 1. The van der Waals surface area contributed by atoms with Gasteiger partial charge in [-0.15, -0.1) is 0 Å². The van der Waals surface area contributed by atoms with E-state index < -0.39 is 80.9 Å². The van der Waals surface area contributed by atoms with Crippen LogP contribution in [0.3, 0.4) is 0 Å². The van der Waals surface area contributed by atoms with Crippen molar-refractivity contribution in [3.8, 4) is 0 Å². The molecule has 20 heteroatoms. The maximum atomic E-state index is 12.9. The monoisotopic (exact) mass is 587 g/mol. The average molecular weight is 587 g/mol. The van der Waals surface area contributed by atoms with Gasteiger partial charge in [0.1, 0.15) is 48.0 Å². The molecule has 0 radical (unpaired) electrons. The van der Waals surface area contributed by atoms with E-state index in [1.807, 2.05) is 4.98 Å². The van der Waals surface area contributed by atoms with Crippen LogP contribution in [0.2, 0.25) is 0 Å². The fourth-order valence-corrected chi connectivity index (χ4v) is 5.74. The molecule has 3 aromatic heterocycles. The van der Waals surface area contributed by atoms with Gasteiger partial charge in [-0.25, -0.2) is 24.3 Å². The summed E-state index contributed by atoms with van der Waals surface area (Å²) < 4.78 is 36.4. The molecule has 2 aliphatic heterocycles. The SMILES string of the molecule is C[C@@]1(OP(=O)(O)OC[C@H]2O[C@@H](n3cnc4c(N)ncnc43)[C@H](O)[C@@H]2O)[C@@H](CO)O[C@@H](n2ccc(=O)[nH]c2=O)[C@@H]1O. The lowest BCUT2D eigenvalue weighted by Crippen LogP contribution is -2.48. The molecule has 0 aliphatic carbocycles. The summed E-state index contributed by atoms with van der Waals surface area (Å²) in [6.07, 6.45) is -6.93. The molecule has 0 saturated carbocycles. The standard InChI is InChI=1S/C20H26N7O12P/c1-20(9(4-28)38-18(14(20)32)26-3-2-10(29)25-19(26)33)39-40(34,35)36-5-8-12(30)13(31)17(37-8)27-7-24-11-15(21)22-6-23-16(11)27/h2-3,6-9,12-14,17-18,28,30-32H,4-5H2,1H3,(H,34,35)(H2,21,22,23)(H,25,29,33)/t8-,9-,12-,13-,14+,17-,18-,20-/m1/s1. The van der Waals surface area contributed by atoms with Crippen LogP contribution in [0, 0.1) is 0 Å². The van der Waals surface area contributed by atoms with Crippen LogP contribution in [0.4, 0.5) is 5.82 Å². The molecule has 9 atom stereocenters. The largest absolute Gasteiger partial charge is 0.472 e. The number of aliphatic hydroxyl groups is 4. The fourth-order valence-electron chi connectivity index (χ4n) is 4.63. The van der Waals surface area contributed by atoms with Crippen molar-refractivity contribution in [1.29, 1.82) is 0 Å². The number of nitrogens with two attached hydrogens (primary N) is 1. The first-order chi connectivity index (χ1) is 18.9. The zero-order chi connectivity index (χ0) is 29.0. The highest BCUT2D eigenvalue weighted by Gasteiger charge is 2.58. The number of aromatic amines is 1. The first kappa shape index (κ1) is 28.4. The summed E-state index contributed by atoms with van der Waals surface area (Å²) in [5.41, 5.74) is 2.46. The Labute approximate surface area is 223 Å². The molecular formula is C20H26N7O12P. The van der Waals surface area contributed by atoms with E-state index in [4.69, 9.17) is 24.3 Å². The molecule has 2 fully saturated rings. The van der Waals surface area contributed by atoms with Crippen molar-refractivity contribution in [3.63, 3.8) is 0 Å². The number of hydrogen-bond donors (Lipinski definition) is 7. The lowest BCUT2D eigenvalue weighted by Gasteiger charge is -2.33. The van der Waals surface area contributed by atoms with Crippen molar-refractivity contribution >= 4 is 24.8 Å². The molecule has 8 N–H and O–H groups in total. The van der Waals surface area contributed by atoms with E-state index in [9.17, 15) is 39.5 Å². The second kappa shape index (κ2) is 10.4. The Bertz CT molecular complexity index is 1560. The van der Waals surface area contributed by atoms with E-state index in [1.54, 1.807) is 0 Å². The van der Waals surface area contributed by atoms with E-state index in [0.29, 0.717) is 0 Å². The third kappa shape index (κ3) is 4.85. The molecule has 0 amide bonds. The van der Waals surface area contributed by atoms with E-state index in [1.165, 1.54) is 17.2 Å². The highest BCUT2D eigenvalue weighted by molar-refractivity contribution is 7.47. The van der Waals surface area contributed by atoms with Crippen molar-refractivity contribution in [1.82, 2.24) is 29.1 Å². The van der Waals surface area contributed by atoms with Crippen LogP contribution in [-0.2, 0) is 23.1 Å². The summed E-state index contributed by atoms with van der Waals surface area (Å²) in [5, 5.41) is 41.8. The Morgan fingerprint density at radius 1 is 1.15 bits per heavy atom. The number of hydrogen-bond acceptors (Lipinski definition) is 15. The molecule has 0 spiro atoms. The number of fused-ring (bicyclic) bond motifs is 1. The zero-order valence-electron chi connectivity index (χ0n) is 20.6. The van der Waals surface area contributed by atoms with Gasteiger partial charge in [0, 0.05) is 12.3 Å². The van der Waals surface area contributed by atoms with Crippen LogP contribution in [0.15, 0.2) is 34.5 Å². The molecule has 40 heavy (non-hydrogen) atoms. The normalized spacial score (nSPS) is 33.9. The highest BCUT2D eigenvalue weighted by atomic mass is 31.2.